The van der Waals surface area contributed by atoms with Crippen LogP contribution in [0.4, 0.5) is 27.0 Å². The van der Waals surface area contributed by atoms with Gasteiger partial charge in [-0.2, -0.15) is 9.99 Å². The van der Waals surface area contributed by atoms with Crippen molar-refractivity contribution >= 4 is 29.5 Å². The van der Waals surface area contributed by atoms with Crippen LogP contribution in [0.15, 0.2) is 4.79 Å². The lowest BCUT2D eigenvalue weighted by Gasteiger charge is -2.16. The van der Waals surface area contributed by atoms with Crippen LogP contribution >= 0.6 is 0 Å². The third-order valence-corrected chi connectivity index (χ3v) is 1.98. The molecule has 0 aliphatic carbocycles. The van der Waals surface area contributed by atoms with Gasteiger partial charge < -0.3 is 11.5 Å². The van der Waals surface area contributed by atoms with Gasteiger partial charge in [-0.25, -0.2) is 26.3 Å². The van der Waals surface area contributed by atoms with Gasteiger partial charge in [0, 0.05) is 0 Å². The van der Waals surface area contributed by atoms with Gasteiger partial charge in [-0.15, -0.1) is 0 Å². The number of anilines is 2. The Balaban J connectivity index is 3.59. The highest BCUT2D eigenvalue weighted by Gasteiger charge is 2.29. The van der Waals surface area contributed by atoms with Gasteiger partial charge in [0.1, 0.15) is 0 Å². The van der Waals surface area contributed by atoms with Gasteiger partial charge in [-0.1, -0.05) is 0 Å². The predicted molar refractivity (Wildman–Crippen MR) is 64.0 cm³/mol. The molecule has 108 valence electrons. The van der Waals surface area contributed by atoms with E-state index in [9.17, 15) is 24.5 Å². The Morgan fingerprint density at radius 1 is 1.20 bits per heavy atom. The molecule has 0 spiro atoms. The fourth-order valence-electron chi connectivity index (χ4n) is 1.10. The Kier molecular flexibility index (Phi) is 3.82. The Morgan fingerprint density at radius 3 is 2.10 bits per heavy atom. The van der Waals surface area contributed by atoms with Crippen molar-refractivity contribution in [3.8, 4) is 0 Å². The van der Waals surface area contributed by atoms with E-state index >= 15 is 0 Å². The van der Waals surface area contributed by atoms with Crippen LogP contribution in [0.5, 0.6) is 0 Å². The summed E-state index contributed by atoms with van der Waals surface area (Å²) in [5, 5.41) is 11.0. The molecule has 4 amide bonds. The number of hydrogen-bond donors (Lipinski definition) is 5. The van der Waals surface area contributed by atoms with Gasteiger partial charge in [-0.05, 0) is 0 Å². The third kappa shape index (κ3) is 2.60. The average Bonchev–Trinajstić information content (AvgIpc) is 2.34. The smallest absolute Gasteiger partial charge is 0.350 e. The van der Waals surface area contributed by atoms with Gasteiger partial charge in [0.2, 0.25) is 11.8 Å². The lowest BCUT2D eigenvalue weighted by atomic mass is 10.4. The van der Waals surface area contributed by atoms with Crippen LogP contribution in [0.2, 0.25) is 0 Å². The zero-order valence-electron chi connectivity index (χ0n) is 9.64. The lowest BCUT2D eigenvalue weighted by molar-refractivity contribution is -0.385. The van der Waals surface area contributed by atoms with E-state index in [-0.39, 0.29) is 10.0 Å². The van der Waals surface area contributed by atoms with Crippen molar-refractivity contribution in [1.82, 2.24) is 9.97 Å². The summed E-state index contributed by atoms with van der Waals surface area (Å²) in [4.78, 5) is 48.1. The number of H-pyrrole nitrogens is 1. The van der Waals surface area contributed by atoms with Crippen LogP contribution in [-0.2, 0) is 0 Å². The van der Waals surface area contributed by atoms with E-state index in [1.165, 1.54) is 0 Å². The number of nitrogens with two attached hydrogens (primary N) is 4. The van der Waals surface area contributed by atoms with E-state index in [1.54, 1.807) is 0 Å². The second kappa shape index (κ2) is 5.16. The van der Waals surface area contributed by atoms with Crippen LogP contribution in [0.1, 0.15) is 0 Å². The number of primary amides is 2. The first-order valence-electron chi connectivity index (χ1n) is 4.64. The maximum absolute atomic E-state index is 11.6. The number of hydrogen-bond acceptors (Lipinski definition) is 8. The Morgan fingerprint density at radius 2 is 1.70 bits per heavy atom. The van der Waals surface area contributed by atoms with Crippen LogP contribution in [0.25, 0.3) is 0 Å². The van der Waals surface area contributed by atoms with E-state index in [2.05, 4.69) is 4.98 Å². The highest BCUT2D eigenvalue weighted by Crippen LogP contribution is 2.20. The summed E-state index contributed by atoms with van der Waals surface area (Å²) in [7, 11) is 0. The molecule has 0 unspecified atom stereocenters. The summed E-state index contributed by atoms with van der Waals surface area (Å²) < 4.78 is 0. The van der Waals surface area contributed by atoms with Gasteiger partial charge >= 0.3 is 23.3 Å². The van der Waals surface area contributed by atoms with Crippen LogP contribution in [0.3, 0.4) is 0 Å². The minimum Gasteiger partial charge on any atom is -0.350 e. The number of hydrazine groups is 2. The number of amides is 4. The first-order valence-corrected chi connectivity index (χ1v) is 4.64. The molecular weight excluding hydrogens is 278 g/mol. The first kappa shape index (κ1) is 14.8. The van der Waals surface area contributed by atoms with Gasteiger partial charge in [0.15, 0.2) is 0 Å². The van der Waals surface area contributed by atoms with Crippen molar-refractivity contribution < 1.29 is 14.5 Å². The summed E-state index contributed by atoms with van der Waals surface area (Å²) in [5.74, 6) is 8.74. The van der Waals surface area contributed by atoms with E-state index in [1.807, 2.05) is 4.98 Å². The maximum atomic E-state index is 11.6. The highest BCUT2D eigenvalue weighted by molar-refractivity contribution is 5.91. The molecule has 0 aliphatic heterocycles. The van der Waals surface area contributed by atoms with Crippen molar-refractivity contribution in [2.45, 2.75) is 0 Å². The summed E-state index contributed by atoms with van der Waals surface area (Å²) in [6.07, 6.45) is 0. The van der Waals surface area contributed by atoms with Crippen molar-refractivity contribution in [3.63, 3.8) is 0 Å². The van der Waals surface area contributed by atoms with Crippen LogP contribution in [0, 0.1) is 10.1 Å². The number of carbonyl (C=O) groups excluding carboxylic acids is 2. The normalized spacial score (nSPS) is 9.90. The van der Waals surface area contributed by atoms with Crippen molar-refractivity contribution in [1.29, 1.82) is 0 Å². The first-order chi connectivity index (χ1) is 9.16. The van der Waals surface area contributed by atoms with Gasteiger partial charge in [-0.3, -0.25) is 19.9 Å². The Bertz CT molecular complexity index is 638. The number of rotatable bonds is 3. The van der Waals surface area contributed by atoms with Gasteiger partial charge in [0.05, 0.1) is 4.92 Å². The minimum atomic E-state index is -1.33. The topological polar surface area (TPSA) is 234 Å². The largest absolute Gasteiger partial charge is 0.377 e. The number of aromatic nitrogens is 2. The molecule has 0 radical (unpaired) electrons. The second-order valence-electron chi connectivity index (χ2n) is 3.24. The molecule has 1 heterocycles. The highest BCUT2D eigenvalue weighted by atomic mass is 16.6. The summed E-state index contributed by atoms with van der Waals surface area (Å²) >= 11 is 0. The molecule has 0 bridgehead atoms. The molecule has 0 aliphatic rings. The molecule has 9 N–H and O–H groups in total. The maximum Gasteiger partial charge on any atom is 0.377 e. The van der Waals surface area contributed by atoms with E-state index in [4.69, 9.17) is 23.2 Å². The number of carbonyl (C=O) groups is 2. The molecule has 0 aromatic carbocycles. The number of nitrogens with one attached hydrogen (secondary N) is 1. The summed E-state index contributed by atoms with van der Waals surface area (Å²) in [5.41, 5.74) is 7.18. The molecule has 0 atom stereocenters. The fraction of sp³-hybridized carbons (Fsp3) is 0. The van der Waals surface area contributed by atoms with Gasteiger partial charge in [0.25, 0.3) is 0 Å². The zero-order chi connectivity index (χ0) is 15.6. The van der Waals surface area contributed by atoms with Crippen molar-refractivity contribution in [2.75, 3.05) is 10.0 Å². The number of nitrogens with zero attached hydrogens (tertiary/aromatic N) is 4. The third-order valence-electron chi connectivity index (χ3n) is 1.98. The summed E-state index contributed by atoms with van der Waals surface area (Å²) in [6.45, 7) is 0. The Hall–Kier alpha value is -3.26. The quantitative estimate of drug-likeness (QED) is 0.168. The zero-order valence-corrected chi connectivity index (χ0v) is 9.64. The SMILES string of the molecule is NC(=O)N(N)c1nc(N(N)C(N)=O)c([N+](=O)[O-])c(=O)[nH]1. The average molecular weight is 287 g/mol. The molecule has 1 aromatic rings. The number of aromatic amines is 1. The Labute approximate surface area is 109 Å². The minimum absolute atomic E-state index is 0.0473. The molecule has 1 aromatic heterocycles. The molecular formula is C6H9N9O5. The van der Waals surface area contributed by atoms with E-state index < -0.39 is 40.0 Å². The fourth-order valence-corrected chi connectivity index (χ4v) is 1.10. The molecule has 14 nitrogen and oxygen atoms in total. The monoisotopic (exact) mass is 287 g/mol. The molecule has 1 rings (SSSR count). The molecule has 0 fully saturated rings. The van der Waals surface area contributed by atoms with Crippen molar-refractivity contribution in [2.24, 2.45) is 23.2 Å². The summed E-state index contributed by atoms with van der Waals surface area (Å²) in [6, 6.07) is -2.56. The molecule has 0 saturated carbocycles. The molecule has 14 heteroatoms. The van der Waals surface area contributed by atoms with Crippen LogP contribution in [-0.4, -0.2) is 27.0 Å². The number of nitro groups is 1. The standard InChI is InChI=1S/C6H9N9O5/c7-4(17)13(9)2-1(15(19)20)3(16)12-6(11-2)14(10)5(8)18/h9-10H2,(H2,7,17)(H2,8,18)(H,11,12,16). The van der Waals surface area contributed by atoms with Crippen molar-refractivity contribution in [3.05, 3.63) is 20.5 Å². The molecule has 0 saturated heterocycles. The van der Waals surface area contributed by atoms with E-state index in [0.717, 1.165) is 0 Å². The molecule has 20 heavy (non-hydrogen) atoms. The lowest BCUT2D eigenvalue weighted by Crippen LogP contribution is -2.46. The van der Waals surface area contributed by atoms with Crippen LogP contribution < -0.4 is 38.7 Å². The second-order valence-corrected chi connectivity index (χ2v) is 3.24. The van der Waals surface area contributed by atoms with E-state index in [0.29, 0.717) is 0 Å². The predicted octanol–water partition coefficient (Wildman–Crippen LogP) is -2.80. The number of urea groups is 2.